The summed E-state index contributed by atoms with van der Waals surface area (Å²) in [5.74, 6) is 1.29. The van der Waals surface area contributed by atoms with Crippen LogP contribution in [0.2, 0.25) is 5.02 Å². The fourth-order valence-corrected chi connectivity index (χ4v) is 2.09. The Morgan fingerprint density at radius 1 is 1.16 bits per heavy atom. The number of halogens is 1. The smallest absolute Gasteiger partial charge is 0.223 e. The van der Waals surface area contributed by atoms with Gasteiger partial charge in [0.15, 0.2) is 0 Å². The van der Waals surface area contributed by atoms with Crippen molar-refractivity contribution in [1.29, 1.82) is 0 Å². The van der Waals surface area contributed by atoms with Crippen LogP contribution in [0.3, 0.4) is 0 Å². The minimum atomic E-state index is 0.403. The highest BCUT2D eigenvalue weighted by Gasteiger charge is 2.10. The zero-order chi connectivity index (χ0) is 14.0. The number of benzene rings is 1. The van der Waals surface area contributed by atoms with Crippen LogP contribution >= 0.6 is 11.6 Å². The number of hydrogen-bond acceptors (Lipinski definition) is 3. The van der Waals surface area contributed by atoms with Crippen molar-refractivity contribution >= 4 is 11.6 Å². The van der Waals surface area contributed by atoms with Gasteiger partial charge in [0.2, 0.25) is 5.88 Å². The van der Waals surface area contributed by atoms with Crippen LogP contribution in [0.5, 0.6) is 11.6 Å². The molecule has 2 aromatic rings. The van der Waals surface area contributed by atoms with E-state index in [9.17, 15) is 0 Å². The SMILES string of the molecule is Cc1cc(Oc2nccc(C)c2CN)cc(C)c1Cl. The molecule has 1 aromatic carbocycles. The van der Waals surface area contributed by atoms with Crippen LogP contribution in [-0.2, 0) is 6.54 Å². The van der Waals surface area contributed by atoms with Crippen LogP contribution < -0.4 is 10.5 Å². The first-order chi connectivity index (χ1) is 9.02. The number of ether oxygens (including phenoxy) is 1. The molecule has 0 saturated heterocycles. The molecule has 0 aliphatic rings. The summed E-state index contributed by atoms with van der Waals surface area (Å²) in [7, 11) is 0. The van der Waals surface area contributed by atoms with Crippen LogP contribution in [0.1, 0.15) is 22.3 Å². The topological polar surface area (TPSA) is 48.1 Å². The predicted octanol–water partition coefficient (Wildman–Crippen LogP) is 3.91. The lowest BCUT2D eigenvalue weighted by atomic mass is 10.1. The Morgan fingerprint density at radius 3 is 2.37 bits per heavy atom. The molecule has 2 rings (SSSR count). The lowest BCUT2D eigenvalue weighted by Crippen LogP contribution is -2.03. The second-order valence-corrected chi connectivity index (χ2v) is 4.97. The van der Waals surface area contributed by atoms with Gasteiger partial charge in [0.1, 0.15) is 5.75 Å². The van der Waals surface area contributed by atoms with Crippen molar-refractivity contribution < 1.29 is 4.74 Å². The summed E-state index contributed by atoms with van der Waals surface area (Å²) in [6, 6.07) is 5.73. The van der Waals surface area contributed by atoms with Gasteiger partial charge in [-0.3, -0.25) is 0 Å². The van der Waals surface area contributed by atoms with E-state index in [-0.39, 0.29) is 0 Å². The Hall–Kier alpha value is -1.58. The molecule has 0 atom stereocenters. The second-order valence-electron chi connectivity index (χ2n) is 4.59. The van der Waals surface area contributed by atoms with Gasteiger partial charge in [-0.25, -0.2) is 4.98 Å². The molecule has 0 unspecified atom stereocenters. The Morgan fingerprint density at radius 2 is 1.79 bits per heavy atom. The number of rotatable bonds is 3. The molecule has 19 heavy (non-hydrogen) atoms. The van der Waals surface area contributed by atoms with Crippen molar-refractivity contribution in [3.8, 4) is 11.6 Å². The first kappa shape index (κ1) is 13.8. The van der Waals surface area contributed by atoms with Gasteiger partial charge < -0.3 is 10.5 Å². The van der Waals surface area contributed by atoms with E-state index in [1.165, 1.54) is 0 Å². The molecule has 0 saturated carbocycles. The number of aromatic nitrogens is 1. The zero-order valence-electron chi connectivity index (χ0n) is 11.3. The molecular formula is C15H17ClN2O. The third kappa shape index (κ3) is 2.88. The predicted molar refractivity (Wildman–Crippen MR) is 77.9 cm³/mol. The van der Waals surface area contributed by atoms with E-state index in [1.54, 1.807) is 6.20 Å². The molecule has 0 radical (unpaired) electrons. The molecule has 0 aliphatic heterocycles. The van der Waals surface area contributed by atoms with E-state index >= 15 is 0 Å². The second kappa shape index (κ2) is 5.59. The van der Waals surface area contributed by atoms with Crippen LogP contribution in [0.15, 0.2) is 24.4 Å². The van der Waals surface area contributed by atoms with Gasteiger partial charge in [0.25, 0.3) is 0 Å². The van der Waals surface area contributed by atoms with Crippen molar-refractivity contribution in [2.24, 2.45) is 5.73 Å². The number of hydrogen-bond donors (Lipinski definition) is 1. The fraction of sp³-hybridized carbons (Fsp3) is 0.267. The molecule has 100 valence electrons. The summed E-state index contributed by atoms with van der Waals surface area (Å²) < 4.78 is 5.85. The lowest BCUT2D eigenvalue weighted by Gasteiger charge is -2.12. The highest BCUT2D eigenvalue weighted by Crippen LogP contribution is 2.30. The zero-order valence-corrected chi connectivity index (χ0v) is 12.1. The molecule has 0 bridgehead atoms. The average molecular weight is 277 g/mol. The number of pyridine rings is 1. The third-order valence-electron chi connectivity index (χ3n) is 3.08. The maximum absolute atomic E-state index is 6.15. The summed E-state index contributed by atoms with van der Waals surface area (Å²) in [6.45, 7) is 6.31. The van der Waals surface area contributed by atoms with Crippen molar-refractivity contribution in [2.75, 3.05) is 0 Å². The van der Waals surface area contributed by atoms with E-state index in [1.807, 2.05) is 39.0 Å². The summed E-state index contributed by atoms with van der Waals surface area (Å²) in [6.07, 6.45) is 1.72. The fourth-order valence-electron chi connectivity index (χ4n) is 1.98. The summed E-state index contributed by atoms with van der Waals surface area (Å²) in [5.41, 5.74) is 9.72. The first-order valence-corrected chi connectivity index (χ1v) is 6.50. The molecule has 0 amide bonds. The van der Waals surface area contributed by atoms with Crippen molar-refractivity contribution in [3.05, 3.63) is 51.7 Å². The molecule has 0 spiro atoms. The molecule has 1 heterocycles. The van der Waals surface area contributed by atoms with Gasteiger partial charge in [-0.15, -0.1) is 0 Å². The van der Waals surface area contributed by atoms with Crippen LogP contribution in [-0.4, -0.2) is 4.98 Å². The molecule has 4 heteroatoms. The highest BCUT2D eigenvalue weighted by atomic mass is 35.5. The van der Waals surface area contributed by atoms with Crippen molar-refractivity contribution in [1.82, 2.24) is 4.98 Å². The van der Waals surface area contributed by atoms with Gasteiger partial charge in [0.05, 0.1) is 0 Å². The molecule has 0 fully saturated rings. The van der Waals surface area contributed by atoms with Crippen LogP contribution in [0.25, 0.3) is 0 Å². The van der Waals surface area contributed by atoms with Gasteiger partial charge in [0, 0.05) is 23.3 Å². The molecule has 1 aromatic heterocycles. The van der Waals surface area contributed by atoms with E-state index in [0.29, 0.717) is 12.4 Å². The Bertz CT molecular complexity index is 588. The minimum Gasteiger partial charge on any atom is -0.439 e. The van der Waals surface area contributed by atoms with Gasteiger partial charge in [-0.2, -0.15) is 0 Å². The number of nitrogens with two attached hydrogens (primary N) is 1. The summed E-state index contributed by atoms with van der Waals surface area (Å²) in [5, 5.41) is 0.767. The van der Waals surface area contributed by atoms with E-state index in [2.05, 4.69) is 4.98 Å². The Balaban J connectivity index is 2.39. The standard InChI is InChI=1S/C15H17ClN2O/c1-9-4-5-18-15(13(9)8-17)19-12-6-10(2)14(16)11(3)7-12/h4-7H,8,17H2,1-3H3. The van der Waals surface area contributed by atoms with Crippen LogP contribution in [0.4, 0.5) is 0 Å². The third-order valence-corrected chi connectivity index (χ3v) is 3.68. The van der Waals surface area contributed by atoms with Crippen molar-refractivity contribution in [3.63, 3.8) is 0 Å². The maximum atomic E-state index is 6.15. The molecule has 0 aliphatic carbocycles. The van der Waals surface area contributed by atoms with Crippen molar-refractivity contribution in [2.45, 2.75) is 27.3 Å². The Kier molecular flexibility index (Phi) is 4.08. The number of aryl methyl sites for hydroxylation is 3. The van der Waals surface area contributed by atoms with E-state index in [0.717, 1.165) is 33.0 Å². The van der Waals surface area contributed by atoms with Crippen LogP contribution in [0, 0.1) is 20.8 Å². The first-order valence-electron chi connectivity index (χ1n) is 6.12. The van der Waals surface area contributed by atoms with E-state index in [4.69, 9.17) is 22.1 Å². The maximum Gasteiger partial charge on any atom is 0.223 e. The quantitative estimate of drug-likeness (QED) is 0.924. The molecular weight excluding hydrogens is 260 g/mol. The van der Waals surface area contributed by atoms with Gasteiger partial charge in [-0.05, 0) is 55.7 Å². The highest BCUT2D eigenvalue weighted by molar-refractivity contribution is 6.32. The van der Waals surface area contributed by atoms with Gasteiger partial charge in [-0.1, -0.05) is 11.6 Å². The minimum absolute atomic E-state index is 0.403. The monoisotopic (exact) mass is 276 g/mol. The average Bonchev–Trinajstić information content (AvgIpc) is 2.36. The van der Waals surface area contributed by atoms with Gasteiger partial charge >= 0.3 is 0 Å². The largest absolute Gasteiger partial charge is 0.439 e. The van der Waals surface area contributed by atoms with E-state index < -0.39 is 0 Å². The molecule has 2 N–H and O–H groups in total. The number of nitrogens with zero attached hydrogens (tertiary/aromatic N) is 1. The summed E-state index contributed by atoms with van der Waals surface area (Å²) in [4.78, 5) is 4.25. The molecule has 3 nitrogen and oxygen atoms in total. The Labute approximate surface area is 118 Å². The normalized spacial score (nSPS) is 10.6. The lowest BCUT2D eigenvalue weighted by molar-refractivity contribution is 0.455. The summed E-state index contributed by atoms with van der Waals surface area (Å²) >= 11 is 6.15.